The van der Waals surface area contributed by atoms with Crippen molar-refractivity contribution in [2.45, 2.75) is 13.5 Å². The first-order chi connectivity index (χ1) is 7.68. The van der Waals surface area contributed by atoms with Gasteiger partial charge in [-0.05, 0) is 35.0 Å². The zero-order valence-corrected chi connectivity index (χ0v) is 10.1. The Morgan fingerprint density at radius 3 is 2.88 bits per heavy atom. The van der Waals surface area contributed by atoms with Gasteiger partial charge in [-0.15, -0.1) is 0 Å². The maximum atomic E-state index is 13.4. The number of aromatic nitrogens is 2. The second kappa shape index (κ2) is 4.61. The smallest absolute Gasteiger partial charge is 0.147 e. The molecule has 0 fully saturated rings. The molecule has 0 atom stereocenters. The minimum atomic E-state index is -0.316. The predicted molar refractivity (Wildman–Crippen MR) is 60.5 cm³/mol. The van der Waals surface area contributed by atoms with E-state index in [2.05, 4.69) is 36.2 Å². The summed E-state index contributed by atoms with van der Waals surface area (Å²) >= 11 is 3.27. The molecule has 0 aliphatic carbocycles. The summed E-state index contributed by atoms with van der Waals surface area (Å²) in [5.41, 5.74) is 1.76. The maximum absolute atomic E-state index is 13.4. The Hall–Kier alpha value is -1.43. The molecule has 1 aromatic heterocycles. The zero-order chi connectivity index (χ0) is 11.5. The fourth-order valence-corrected chi connectivity index (χ4v) is 1.73. The molecule has 4 nitrogen and oxygen atoms in total. The van der Waals surface area contributed by atoms with Crippen LogP contribution in [0.15, 0.2) is 27.3 Å². The van der Waals surface area contributed by atoms with Crippen LogP contribution in [0.5, 0.6) is 0 Å². The van der Waals surface area contributed by atoms with E-state index < -0.39 is 0 Å². The van der Waals surface area contributed by atoms with Gasteiger partial charge in [0.05, 0.1) is 12.2 Å². The number of nitrogens with one attached hydrogen (secondary N) is 1. The van der Waals surface area contributed by atoms with E-state index in [-0.39, 0.29) is 5.82 Å². The number of halogens is 2. The lowest BCUT2D eigenvalue weighted by Gasteiger charge is -2.07. The van der Waals surface area contributed by atoms with Crippen LogP contribution < -0.4 is 5.32 Å². The summed E-state index contributed by atoms with van der Waals surface area (Å²) in [5.74, 6) is -0.316. The molecule has 0 saturated heterocycles. The molecule has 0 amide bonds. The lowest BCUT2D eigenvalue weighted by Crippen LogP contribution is -2.03. The average Bonchev–Trinajstić information content (AvgIpc) is 2.64. The summed E-state index contributed by atoms with van der Waals surface area (Å²) in [6.45, 7) is 2.15. The fourth-order valence-electron chi connectivity index (χ4n) is 1.25. The van der Waals surface area contributed by atoms with Crippen LogP contribution in [0.3, 0.4) is 0 Å². The molecule has 0 unspecified atom stereocenters. The van der Waals surface area contributed by atoms with Gasteiger partial charge in [0.1, 0.15) is 17.2 Å². The van der Waals surface area contributed by atoms with E-state index in [1.54, 1.807) is 19.1 Å². The van der Waals surface area contributed by atoms with Crippen molar-refractivity contribution in [2.24, 2.45) is 0 Å². The van der Waals surface area contributed by atoms with E-state index in [1.165, 1.54) is 6.07 Å². The topological polar surface area (TPSA) is 51.0 Å². The summed E-state index contributed by atoms with van der Waals surface area (Å²) in [5, 5.41) is 10.3. The minimum Gasteiger partial charge on any atom is -0.376 e. The predicted octanol–water partition coefficient (Wildman–Crippen LogP) is 2.89. The summed E-state index contributed by atoms with van der Waals surface area (Å²) in [6.07, 6.45) is 0. The molecule has 0 saturated carbocycles. The van der Waals surface area contributed by atoms with Crippen LogP contribution in [0.1, 0.15) is 11.4 Å². The molecule has 0 aliphatic rings. The number of aryl methyl sites for hydroxylation is 1. The Kier molecular flexibility index (Phi) is 3.19. The van der Waals surface area contributed by atoms with Crippen molar-refractivity contribution in [1.29, 1.82) is 0 Å². The maximum Gasteiger partial charge on any atom is 0.147 e. The van der Waals surface area contributed by atoms with E-state index in [1.807, 2.05) is 0 Å². The Balaban J connectivity index is 2.14. The number of benzene rings is 1. The second-order valence-electron chi connectivity index (χ2n) is 3.25. The average molecular weight is 286 g/mol. The standard InChI is InChI=1S/C10H9BrFN3O/c1-6-9(15-16-14-6)5-13-10-7(11)3-2-4-8(10)12/h2-4,13H,5H2,1H3. The Morgan fingerprint density at radius 2 is 2.25 bits per heavy atom. The molecule has 0 radical (unpaired) electrons. The van der Waals surface area contributed by atoms with Crippen molar-refractivity contribution in [2.75, 3.05) is 5.32 Å². The highest BCUT2D eigenvalue weighted by Crippen LogP contribution is 2.25. The quantitative estimate of drug-likeness (QED) is 0.942. The first-order valence-electron chi connectivity index (χ1n) is 4.64. The zero-order valence-electron chi connectivity index (χ0n) is 8.50. The molecule has 1 heterocycles. The van der Waals surface area contributed by atoms with E-state index in [9.17, 15) is 4.39 Å². The normalized spacial score (nSPS) is 10.4. The number of rotatable bonds is 3. The highest BCUT2D eigenvalue weighted by Gasteiger charge is 2.09. The van der Waals surface area contributed by atoms with E-state index in [4.69, 9.17) is 0 Å². The van der Waals surface area contributed by atoms with Gasteiger partial charge >= 0.3 is 0 Å². The molecule has 1 aromatic carbocycles. The lowest BCUT2D eigenvalue weighted by atomic mass is 10.3. The van der Waals surface area contributed by atoms with Crippen LogP contribution >= 0.6 is 15.9 Å². The van der Waals surface area contributed by atoms with Crippen molar-refractivity contribution in [3.05, 3.63) is 39.9 Å². The Morgan fingerprint density at radius 1 is 1.44 bits per heavy atom. The molecule has 0 spiro atoms. The van der Waals surface area contributed by atoms with Crippen LogP contribution in [-0.4, -0.2) is 10.3 Å². The van der Waals surface area contributed by atoms with E-state index >= 15 is 0 Å². The Labute approximate surface area is 99.9 Å². The van der Waals surface area contributed by atoms with E-state index in [0.717, 1.165) is 0 Å². The van der Waals surface area contributed by atoms with Gasteiger partial charge in [0.25, 0.3) is 0 Å². The molecule has 84 valence electrons. The summed E-state index contributed by atoms with van der Waals surface area (Å²) in [4.78, 5) is 0. The largest absolute Gasteiger partial charge is 0.376 e. The SMILES string of the molecule is Cc1nonc1CNc1c(F)cccc1Br. The molecule has 1 N–H and O–H groups in total. The van der Waals surface area contributed by atoms with Crippen molar-refractivity contribution in [1.82, 2.24) is 10.3 Å². The third-order valence-electron chi connectivity index (χ3n) is 2.14. The third-order valence-corrected chi connectivity index (χ3v) is 2.80. The van der Waals surface area contributed by atoms with Gasteiger partial charge in [-0.3, -0.25) is 0 Å². The summed E-state index contributed by atoms with van der Waals surface area (Å²) in [7, 11) is 0. The van der Waals surface area contributed by atoms with Crippen LogP contribution in [0.25, 0.3) is 0 Å². The summed E-state index contributed by atoms with van der Waals surface area (Å²) in [6, 6.07) is 4.79. The molecule has 16 heavy (non-hydrogen) atoms. The third kappa shape index (κ3) is 2.21. The highest BCUT2D eigenvalue weighted by atomic mass is 79.9. The van der Waals surface area contributed by atoms with Gasteiger partial charge in [0, 0.05) is 4.47 Å². The van der Waals surface area contributed by atoms with Crippen LogP contribution in [0.2, 0.25) is 0 Å². The van der Waals surface area contributed by atoms with Crippen molar-refractivity contribution in [3.8, 4) is 0 Å². The monoisotopic (exact) mass is 285 g/mol. The number of nitrogens with zero attached hydrogens (tertiary/aromatic N) is 2. The second-order valence-corrected chi connectivity index (χ2v) is 4.10. The lowest BCUT2D eigenvalue weighted by molar-refractivity contribution is 0.301. The van der Waals surface area contributed by atoms with Crippen molar-refractivity contribution in [3.63, 3.8) is 0 Å². The van der Waals surface area contributed by atoms with Gasteiger partial charge in [-0.25, -0.2) is 9.02 Å². The van der Waals surface area contributed by atoms with Crippen LogP contribution in [0.4, 0.5) is 10.1 Å². The van der Waals surface area contributed by atoms with Gasteiger partial charge in [-0.2, -0.15) is 0 Å². The number of para-hydroxylation sites is 1. The van der Waals surface area contributed by atoms with Gasteiger partial charge < -0.3 is 5.32 Å². The number of hydrogen-bond donors (Lipinski definition) is 1. The van der Waals surface area contributed by atoms with E-state index in [0.29, 0.717) is 28.1 Å². The highest BCUT2D eigenvalue weighted by molar-refractivity contribution is 9.10. The molecular weight excluding hydrogens is 277 g/mol. The molecule has 0 bridgehead atoms. The molecule has 6 heteroatoms. The fraction of sp³-hybridized carbons (Fsp3) is 0.200. The van der Waals surface area contributed by atoms with Crippen LogP contribution in [0, 0.1) is 12.7 Å². The van der Waals surface area contributed by atoms with Gasteiger partial charge in [0.15, 0.2) is 0 Å². The Bertz CT molecular complexity index is 480. The molecular formula is C10H9BrFN3O. The van der Waals surface area contributed by atoms with Crippen LogP contribution in [-0.2, 0) is 6.54 Å². The molecule has 2 aromatic rings. The molecule has 2 rings (SSSR count). The number of anilines is 1. The van der Waals surface area contributed by atoms with Crippen molar-refractivity contribution < 1.29 is 9.02 Å². The first-order valence-corrected chi connectivity index (χ1v) is 5.43. The van der Waals surface area contributed by atoms with Gasteiger partial charge in [0.2, 0.25) is 0 Å². The van der Waals surface area contributed by atoms with Gasteiger partial charge in [-0.1, -0.05) is 16.4 Å². The summed E-state index contributed by atoms with van der Waals surface area (Å²) < 4.78 is 18.6. The number of hydrogen-bond acceptors (Lipinski definition) is 4. The van der Waals surface area contributed by atoms with Crippen molar-refractivity contribution >= 4 is 21.6 Å². The minimum absolute atomic E-state index is 0.316. The molecule has 0 aliphatic heterocycles. The first kappa shape index (κ1) is 11.1.